The van der Waals surface area contributed by atoms with E-state index < -0.39 is 47.6 Å². The van der Waals surface area contributed by atoms with Crippen LogP contribution in [0.5, 0.6) is 0 Å². The number of amides is 3. The molecule has 11 heteroatoms. The molecule has 4 atom stereocenters. The Labute approximate surface area is 227 Å². The highest BCUT2D eigenvalue weighted by atomic mass is 16.5. The maximum absolute atomic E-state index is 13.4. The van der Waals surface area contributed by atoms with Crippen LogP contribution < -0.4 is 16.0 Å². The molecule has 2 aromatic rings. The first-order valence-electron chi connectivity index (χ1n) is 13.3. The Morgan fingerprint density at radius 1 is 1.08 bits per heavy atom. The van der Waals surface area contributed by atoms with Crippen LogP contribution in [0, 0.1) is 11.3 Å². The summed E-state index contributed by atoms with van der Waals surface area (Å²) in [6.07, 6.45) is 4.38. The lowest BCUT2D eigenvalue weighted by Crippen LogP contribution is -2.57. The number of ketones is 1. The number of esters is 1. The maximum Gasteiger partial charge on any atom is 0.329 e. The van der Waals surface area contributed by atoms with Crippen molar-refractivity contribution in [2.75, 3.05) is 0 Å². The summed E-state index contributed by atoms with van der Waals surface area (Å²) in [6.45, 7) is 5.00. The van der Waals surface area contributed by atoms with Crippen molar-refractivity contribution in [2.24, 2.45) is 5.92 Å². The lowest BCUT2D eigenvalue weighted by atomic mass is 9.98. The van der Waals surface area contributed by atoms with E-state index >= 15 is 0 Å². The minimum Gasteiger partial charge on any atom is -0.461 e. The first-order valence-corrected chi connectivity index (χ1v) is 13.3. The van der Waals surface area contributed by atoms with Gasteiger partial charge in [-0.25, -0.2) is 4.79 Å². The minimum atomic E-state index is -1.18. The highest BCUT2D eigenvalue weighted by Crippen LogP contribution is 2.25. The molecule has 0 saturated heterocycles. The van der Waals surface area contributed by atoms with Crippen molar-refractivity contribution in [2.45, 2.75) is 83.5 Å². The molecule has 3 amide bonds. The second-order valence-corrected chi connectivity index (χ2v) is 10.0. The molecule has 1 aromatic carbocycles. The quantitative estimate of drug-likeness (QED) is 0.171. The standard InChI is InChI=1S/C28H37N5O6/c1-4-16(2)25(28(38)39-20-10-11-20)33-26(36)23(12-9-19(35)14-29)32-27(37)24(31-17(3)34)13-18-15-30-22-8-6-5-7-21(18)22/h5-8,14-16,20,23-25,29-30H,4,9-13H2,1-3H3,(H,31,34)(H,32,37)(H,33,36)/t16?,23-,24-,25-/m0/s1. The molecule has 1 saturated carbocycles. The number of benzene rings is 1. The van der Waals surface area contributed by atoms with Gasteiger partial charge < -0.3 is 31.1 Å². The summed E-state index contributed by atoms with van der Waals surface area (Å²) in [5.74, 6) is -2.95. The zero-order valence-electron chi connectivity index (χ0n) is 22.5. The van der Waals surface area contributed by atoms with Gasteiger partial charge in [0.05, 0.1) is 6.21 Å². The van der Waals surface area contributed by atoms with Crippen LogP contribution in [0.4, 0.5) is 0 Å². The normalized spacial score (nSPS) is 15.9. The molecule has 39 heavy (non-hydrogen) atoms. The van der Waals surface area contributed by atoms with E-state index in [1.165, 1.54) is 6.92 Å². The average Bonchev–Trinajstić information content (AvgIpc) is 3.65. The van der Waals surface area contributed by atoms with E-state index in [1.54, 1.807) is 6.20 Å². The van der Waals surface area contributed by atoms with Gasteiger partial charge in [0, 0.05) is 36.9 Å². The molecular formula is C28H37N5O6. The largest absolute Gasteiger partial charge is 0.461 e. The van der Waals surface area contributed by atoms with Crippen LogP contribution >= 0.6 is 0 Å². The second kappa shape index (κ2) is 13.7. The molecule has 210 valence electrons. The zero-order valence-corrected chi connectivity index (χ0v) is 22.5. The number of rotatable bonds is 15. The van der Waals surface area contributed by atoms with Crippen LogP contribution in [0.15, 0.2) is 30.5 Å². The number of aromatic amines is 1. The van der Waals surface area contributed by atoms with Crippen LogP contribution in [-0.2, 0) is 35.1 Å². The molecule has 1 unspecified atom stereocenters. The topological polar surface area (TPSA) is 170 Å². The predicted octanol–water partition coefficient (Wildman–Crippen LogP) is 1.94. The van der Waals surface area contributed by atoms with Gasteiger partial charge in [0.2, 0.25) is 17.7 Å². The van der Waals surface area contributed by atoms with Crippen LogP contribution in [0.3, 0.4) is 0 Å². The predicted molar refractivity (Wildman–Crippen MR) is 145 cm³/mol. The van der Waals surface area contributed by atoms with Gasteiger partial charge >= 0.3 is 5.97 Å². The highest BCUT2D eigenvalue weighted by molar-refractivity contribution is 6.26. The Morgan fingerprint density at radius 3 is 2.41 bits per heavy atom. The fourth-order valence-electron chi connectivity index (χ4n) is 4.22. The third-order valence-corrected chi connectivity index (χ3v) is 6.84. The van der Waals surface area contributed by atoms with E-state index in [1.807, 2.05) is 38.1 Å². The number of carbonyl (C=O) groups excluding carboxylic acids is 5. The van der Waals surface area contributed by atoms with Crippen molar-refractivity contribution in [1.29, 1.82) is 5.41 Å². The van der Waals surface area contributed by atoms with Crippen LogP contribution in [-0.4, -0.2) is 64.9 Å². The highest BCUT2D eigenvalue weighted by Gasteiger charge is 2.35. The molecule has 1 aliphatic rings. The Hall–Kier alpha value is -4.02. The Bertz CT molecular complexity index is 1220. The molecule has 5 N–H and O–H groups in total. The summed E-state index contributed by atoms with van der Waals surface area (Å²) in [5, 5.41) is 16.1. The van der Waals surface area contributed by atoms with Crippen LogP contribution in [0.25, 0.3) is 10.9 Å². The molecule has 1 heterocycles. The third-order valence-electron chi connectivity index (χ3n) is 6.84. The number of fused-ring (bicyclic) bond motifs is 1. The molecule has 0 aliphatic heterocycles. The molecule has 1 aliphatic carbocycles. The van der Waals surface area contributed by atoms with E-state index in [-0.39, 0.29) is 31.3 Å². The Morgan fingerprint density at radius 2 is 1.77 bits per heavy atom. The van der Waals surface area contributed by atoms with Crippen LogP contribution in [0.1, 0.15) is 58.4 Å². The minimum absolute atomic E-state index is 0.0867. The molecule has 0 bridgehead atoms. The van der Waals surface area contributed by atoms with Gasteiger partial charge in [0.1, 0.15) is 24.2 Å². The van der Waals surface area contributed by atoms with Crippen LogP contribution in [0.2, 0.25) is 0 Å². The lowest BCUT2D eigenvalue weighted by Gasteiger charge is -2.27. The zero-order chi connectivity index (χ0) is 28.5. The van der Waals surface area contributed by atoms with Crippen molar-refractivity contribution in [3.63, 3.8) is 0 Å². The van der Waals surface area contributed by atoms with Gasteiger partial charge in [-0.2, -0.15) is 0 Å². The number of carbonyl (C=O) groups is 5. The van der Waals surface area contributed by atoms with Crippen molar-refractivity contribution in [1.82, 2.24) is 20.9 Å². The van der Waals surface area contributed by atoms with Gasteiger partial charge in [-0.05, 0) is 36.8 Å². The summed E-state index contributed by atoms with van der Waals surface area (Å²) in [5.41, 5.74) is 1.69. The fraction of sp³-hybridized carbons (Fsp3) is 0.500. The number of aromatic nitrogens is 1. The molecule has 0 spiro atoms. The lowest BCUT2D eigenvalue weighted by molar-refractivity contribution is -0.151. The number of hydrogen-bond donors (Lipinski definition) is 5. The summed E-state index contributed by atoms with van der Waals surface area (Å²) >= 11 is 0. The number of hydrogen-bond acceptors (Lipinski definition) is 7. The first kappa shape index (κ1) is 29.5. The third kappa shape index (κ3) is 8.49. The smallest absolute Gasteiger partial charge is 0.329 e. The number of ether oxygens (including phenoxy) is 1. The first-order chi connectivity index (χ1) is 18.6. The molecular weight excluding hydrogens is 502 g/mol. The molecule has 1 fully saturated rings. The van der Waals surface area contributed by atoms with Crippen molar-refractivity contribution < 1.29 is 28.7 Å². The summed E-state index contributed by atoms with van der Waals surface area (Å²) < 4.78 is 5.42. The van der Waals surface area contributed by atoms with E-state index in [0.29, 0.717) is 12.6 Å². The monoisotopic (exact) mass is 539 g/mol. The summed E-state index contributed by atoms with van der Waals surface area (Å²) in [7, 11) is 0. The Balaban J connectivity index is 1.79. The van der Waals surface area contributed by atoms with Crippen molar-refractivity contribution >= 4 is 46.6 Å². The molecule has 3 rings (SSSR count). The van der Waals surface area contributed by atoms with E-state index in [0.717, 1.165) is 29.3 Å². The number of para-hydroxylation sites is 1. The Kier molecular flexibility index (Phi) is 10.4. The molecule has 11 nitrogen and oxygen atoms in total. The second-order valence-electron chi connectivity index (χ2n) is 10.0. The van der Waals surface area contributed by atoms with E-state index in [9.17, 15) is 24.0 Å². The summed E-state index contributed by atoms with van der Waals surface area (Å²) in [4.78, 5) is 66.4. The maximum atomic E-state index is 13.4. The van der Waals surface area contributed by atoms with Gasteiger partial charge in [0.25, 0.3) is 0 Å². The molecule has 0 radical (unpaired) electrons. The van der Waals surface area contributed by atoms with Gasteiger partial charge in [0.15, 0.2) is 5.78 Å². The molecule has 1 aromatic heterocycles. The van der Waals surface area contributed by atoms with Gasteiger partial charge in [-0.15, -0.1) is 0 Å². The fourth-order valence-corrected chi connectivity index (χ4v) is 4.22. The number of nitrogens with one attached hydrogen (secondary N) is 5. The van der Waals surface area contributed by atoms with E-state index in [2.05, 4.69) is 20.9 Å². The van der Waals surface area contributed by atoms with E-state index in [4.69, 9.17) is 10.1 Å². The van der Waals surface area contributed by atoms with Crippen molar-refractivity contribution in [3.05, 3.63) is 36.0 Å². The van der Waals surface area contributed by atoms with Gasteiger partial charge in [-0.1, -0.05) is 38.5 Å². The summed E-state index contributed by atoms with van der Waals surface area (Å²) in [6, 6.07) is 4.45. The van der Waals surface area contributed by atoms with Crippen molar-refractivity contribution in [3.8, 4) is 0 Å². The SMILES string of the molecule is CCC(C)[C@H](NC(=O)[C@H](CCC(=O)C=N)NC(=O)[C@H](Cc1c[nH]c2ccccc12)NC(C)=O)C(=O)OC1CC1. The number of H-pyrrole nitrogens is 1. The van der Waals surface area contributed by atoms with Gasteiger partial charge in [-0.3, -0.25) is 19.2 Å². The average molecular weight is 540 g/mol. The number of Topliss-reactive ketones (excluding diaryl/α,β-unsaturated/α-hetero) is 1.